The normalized spacial score (nSPS) is 10.9. The second-order valence-electron chi connectivity index (χ2n) is 5.39. The van der Waals surface area contributed by atoms with Gasteiger partial charge in [-0.3, -0.25) is 4.79 Å². The zero-order chi connectivity index (χ0) is 13.9. The van der Waals surface area contributed by atoms with Crippen LogP contribution in [0.25, 0.3) is 5.57 Å². The largest absolute Gasteiger partial charge is 0.488 e. The highest BCUT2D eigenvalue weighted by molar-refractivity contribution is 5.89. The van der Waals surface area contributed by atoms with E-state index in [0.717, 1.165) is 22.6 Å². The first-order chi connectivity index (χ1) is 8.19. The summed E-state index contributed by atoms with van der Waals surface area (Å²) in [5.41, 5.74) is 2.30. The molecule has 0 aliphatic carbocycles. The van der Waals surface area contributed by atoms with Gasteiger partial charge in [0.1, 0.15) is 11.4 Å². The quantitative estimate of drug-likeness (QED) is 0.880. The van der Waals surface area contributed by atoms with Gasteiger partial charge >= 0.3 is 0 Å². The molecule has 3 nitrogen and oxygen atoms in total. The summed E-state index contributed by atoms with van der Waals surface area (Å²) in [4.78, 5) is 11.0. The Bertz CT molecular complexity index is 470. The van der Waals surface area contributed by atoms with Crippen LogP contribution in [0.3, 0.4) is 0 Å². The monoisotopic (exact) mass is 247 g/mol. The van der Waals surface area contributed by atoms with Gasteiger partial charge in [-0.1, -0.05) is 6.58 Å². The Morgan fingerprint density at radius 1 is 1.28 bits per heavy atom. The van der Waals surface area contributed by atoms with Crippen molar-refractivity contribution in [3.05, 3.63) is 30.3 Å². The van der Waals surface area contributed by atoms with Gasteiger partial charge in [0.05, 0.1) is 0 Å². The Morgan fingerprint density at radius 3 is 2.33 bits per heavy atom. The van der Waals surface area contributed by atoms with Crippen LogP contribution in [0.4, 0.5) is 5.69 Å². The van der Waals surface area contributed by atoms with Crippen molar-refractivity contribution < 1.29 is 9.53 Å². The predicted octanol–water partition coefficient (Wildman–Crippen LogP) is 3.86. The molecule has 0 aromatic heterocycles. The Morgan fingerprint density at radius 2 is 1.89 bits per heavy atom. The Labute approximate surface area is 109 Å². The van der Waals surface area contributed by atoms with Crippen LogP contribution in [-0.2, 0) is 4.79 Å². The Kier molecular flexibility index (Phi) is 4.17. The highest BCUT2D eigenvalue weighted by atomic mass is 16.5. The molecule has 0 radical (unpaired) electrons. The van der Waals surface area contributed by atoms with E-state index < -0.39 is 0 Å². The number of hydrogen-bond acceptors (Lipinski definition) is 2. The molecule has 0 heterocycles. The number of carbonyl (C=O) groups excluding carboxylic acids is 1. The lowest BCUT2D eigenvalue weighted by Crippen LogP contribution is -2.23. The van der Waals surface area contributed by atoms with Crippen LogP contribution in [0.15, 0.2) is 24.8 Å². The summed E-state index contributed by atoms with van der Waals surface area (Å²) in [6.07, 6.45) is 0. The van der Waals surface area contributed by atoms with Gasteiger partial charge in [0.2, 0.25) is 5.91 Å². The summed E-state index contributed by atoms with van der Waals surface area (Å²) in [5, 5.41) is 2.75. The van der Waals surface area contributed by atoms with Crippen LogP contribution in [-0.4, -0.2) is 11.5 Å². The minimum absolute atomic E-state index is 0.0906. The van der Waals surface area contributed by atoms with E-state index >= 15 is 0 Å². The maximum atomic E-state index is 11.0. The van der Waals surface area contributed by atoms with Gasteiger partial charge in [0, 0.05) is 18.2 Å². The van der Waals surface area contributed by atoms with Crippen LogP contribution in [0.5, 0.6) is 5.75 Å². The van der Waals surface area contributed by atoms with Crippen LogP contribution >= 0.6 is 0 Å². The van der Waals surface area contributed by atoms with Crippen LogP contribution in [0.1, 0.15) is 40.2 Å². The van der Waals surface area contributed by atoms with E-state index in [2.05, 4.69) is 11.9 Å². The van der Waals surface area contributed by atoms with Crippen molar-refractivity contribution in [2.45, 2.75) is 40.2 Å². The van der Waals surface area contributed by atoms with Crippen LogP contribution < -0.4 is 10.1 Å². The van der Waals surface area contributed by atoms with Gasteiger partial charge in [-0.2, -0.15) is 0 Å². The molecule has 0 unspecified atom stereocenters. The second kappa shape index (κ2) is 5.25. The van der Waals surface area contributed by atoms with E-state index in [-0.39, 0.29) is 11.5 Å². The standard InChI is InChI=1S/C15H21NO2/c1-10(2)13-9-12(16-11(3)17)7-8-14(13)18-15(4,5)6/h7-9H,1H2,2-6H3,(H,16,17). The zero-order valence-electron chi connectivity index (χ0n) is 11.8. The molecule has 0 atom stereocenters. The minimum atomic E-state index is -0.264. The number of hydrogen-bond donors (Lipinski definition) is 1. The van der Waals surface area contributed by atoms with E-state index in [9.17, 15) is 4.79 Å². The maximum Gasteiger partial charge on any atom is 0.221 e. The van der Waals surface area contributed by atoms with Crippen LogP contribution in [0, 0.1) is 0 Å². The Hall–Kier alpha value is -1.77. The molecule has 18 heavy (non-hydrogen) atoms. The van der Waals surface area contributed by atoms with Crippen LogP contribution in [0.2, 0.25) is 0 Å². The first-order valence-electron chi connectivity index (χ1n) is 5.95. The topological polar surface area (TPSA) is 38.3 Å². The van der Waals surface area contributed by atoms with Crippen molar-refractivity contribution in [2.75, 3.05) is 5.32 Å². The molecule has 98 valence electrons. The first kappa shape index (κ1) is 14.3. The fourth-order valence-electron chi connectivity index (χ4n) is 1.56. The molecule has 1 aromatic rings. The highest BCUT2D eigenvalue weighted by Gasteiger charge is 2.15. The van der Waals surface area contributed by atoms with E-state index in [1.807, 2.05) is 45.9 Å². The molecule has 1 N–H and O–H groups in total. The molecule has 0 saturated heterocycles. The molecule has 1 rings (SSSR count). The number of benzene rings is 1. The highest BCUT2D eigenvalue weighted by Crippen LogP contribution is 2.30. The number of amides is 1. The third kappa shape index (κ3) is 4.24. The van der Waals surface area contributed by atoms with Gasteiger partial charge < -0.3 is 10.1 Å². The summed E-state index contributed by atoms with van der Waals surface area (Å²) in [6, 6.07) is 5.57. The van der Waals surface area contributed by atoms with Gasteiger partial charge in [-0.05, 0) is 51.5 Å². The lowest BCUT2D eigenvalue weighted by molar-refractivity contribution is -0.114. The van der Waals surface area contributed by atoms with Gasteiger partial charge in [-0.25, -0.2) is 0 Å². The van der Waals surface area contributed by atoms with Crippen molar-refractivity contribution in [1.82, 2.24) is 0 Å². The SMILES string of the molecule is C=C(C)c1cc(NC(C)=O)ccc1OC(C)(C)C. The molecule has 0 spiro atoms. The maximum absolute atomic E-state index is 11.0. The molecule has 0 bridgehead atoms. The molecule has 1 aromatic carbocycles. The molecule has 1 amide bonds. The van der Waals surface area contributed by atoms with Crippen molar-refractivity contribution in [3.8, 4) is 5.75 Å². The number of rotatable bonds is 3. The van der Waals surface area contributed by atoms with Crippen molar-refractivity contribution in [3.63, 3.8) is 0 Å². The average molecular weight is 247 g/mol. The number of allylic oxidation sites excluding steroid dienone is 1. The number of carbonyl (C=O) groups is 1. The Balaban J connectivity index is 3.12. The van der Waals surface area contributed by atoms with Gasteiger partial charge in [0.15, 0.2) is 0 Å². The lowest BCUT2D eigenvalue weighted by atomic mass is 10.1. The molecular weight excluding hydrogens is 226 g/mol. The molecule has 0 saturated carbocycles. The fourth-order valence-corrected chi connectivity index (χ4v) is 1.56. The number of ether oxygens (including phenoxy) is 1. The predicted molar refractivity (Wildman–Crippen MR) is 75.8 cm³/mol. The first-order valence-corrected chi connectivity index (χ1v) is 5.95. The van der Waals surface area contributed by atoms with E-state index in [4.69, 9.17) is 4.74 Å². The lowest BCUT2D eigenvalue weighted by Gasteiger charge is -2.23. The summed E-state index contributed by atoms with van der Waals surface area (Å²) in [6.45, 7) is 13.3. The van der Waals surface area contributed by atoms with E-state index in [0.29, 0.717) is 0 Å². The molecule has 0 aliphatic heterocycles. The molecule has 3 heteroatoms. The summed E-state index contributed by atoms with van der Waals surface area (Å²) < 4.78 is 5.88. The third-order valence-corrected chi connectivity index (χ3v) is 2.18. The third-order valence-electron chi connectivity index (χ3n) is 2.18. The summed E-state index contributed by atoms with van der Waals surface area (Å²) in [7, 11) is 0. The summed E-state index contributed by atoms with van der Waals surface area (Å²) >= 11 is 0. The zero-order valence-corrected chi connectivity index (χ0v) is 11.8. The average Bonchev–Trinajstić information content (AvgIpc) is 2.17. The summed E-state index contributed by atoms with van der Waals surface area (Å²) in [5.74, 6) is 0.691. The minimum Gasteiger partial charge on any atom is -0.488 e. The van der Waals surface area contributed by atoms with Gasteiger partial charge in [0.25, 0.3) is 0 Å². The number of anilines is 1. The fraction of sp³-hybridized carbons (Fsp3) is 0.400. The molecular formula is C15H21NO2. The molecule has 0 aliphatic rings. The van der Waals surface area contributed by atoms with Crippen molar-refractivity contribution in [1.29, 1.82) is 0 Å². The van der Waals surface area contributed by atoms with Crippen molar-refractivity contribution in [2.24, 2.45) is 0 Å². The van der Waals surface area contributed by atoms with E-state index in [1.54, 1.807) is 0 Å². The smallest absolute Gasteiger partial charge is 0.221 e. The molecule has 0 fully saturated rings. The van der Waals surface area contributed by atoms with Gasteiger partial charge in [-0.15, -0.1) is 0 Å². The van der Waals surface area contributed by atoms with Crippen molar-refractivity contribution >= 4 is 17.2 Å². The van der Waals surface area contributed by atoms with E-state index in [1.165, 1.54) is 6.92 Å². The number of nitrogens with one attached hydrogen (secondary N) is 1. The second-order valence-corrected chi connectivity index (χ2v) is 5.39.